The summed E-state index contributed by atoms with van der Waals surface area (Å²) in [5, 5.41) is 0. The number of aryl methyl sites for hydroxylation is 2. The van der Waals surface area contributed by atoms with E-state index in [9.17, 15) is 4.39 Å². The molecular formula is C13H15FN4S. The van der Waals surface area contributed by atoms with Gasteiger partial charge in [-0.05, 0) is 26.0 Å². The van der Waals surface area contributed by atoms with Gasteiger partial charge in [0.2, 0.25) is 0 Å². The van der Waals surface area contributed by atoms with Gasteiger partial charge in [-0.3, -0.25) is 0 Å². The van der Waals surface area contributed by atoms with Crippen LogP contribution in [0.15, 0.2) is 29.2 Å². The number of aromatic nitrogens is 2. The fraction of sp³-hybridized carbons (Fsp3) is 0.231. The monoisotopic (exact) mass is 278 g/mol. The molecule has 0 radical (unpaired) electrons. The molecular weight excluding hydrogens is 263 g/mol. The van der Waals surface area contributed by atoms with E-state index >= 15 is 0 Å². The minimum absolute atomic E-state index is 0.0343. The van der Waals surface area contributed by atoms with Crippen LogP contribution in [0.1, 0.15) is 17.1 Å². The molecule has 6 heteroatoms. The summed E-state index contributed by atoms with van der Waals surface area (Å²) < 4.78 is 13.5. The molecule has 2 aromatic rings. The van der Waals surface area contributed by atoms with Gasteiger partial charge >= 0.3 is 0 Å². The van der Waals surface area contributed by atoms with E-state index in [4.69, 9.17) is 5.84 Å². The maximum absolute atomic E-state index is 13.5. The molecule has 0 unspecified atom stereocenters. The van der Waals surface area contributed by atoms with Gasteiger partial charge < -0.3 is 5.43 Å². The van der Waals surface area contributed by atoms with E-state index < -0.39 is 5.82 Å². The van der Waals surface area contributed by atoms with Crippen molar-refractivity contribution in [2.45, 2.75) is 24.5 Å². The molecule has 1 aromatic carbocycles. The lowest BCUT2D eigenvalue weighted by molar-refractivity contribution is 0.602. The lowest BCUT2D eigenvalue weighted by Gasteiger charge is -2.07. The minimum Gasteiger partial charge on any atom is -0.306 e. The Balaban J connectivity index is 2.11. The van der Waals surface area contributed by atoms with Crippen molar-refractivity contribution in [3.05, 3.63) is 47.2 Å². The zero-order chi connectivity index (χ0) is 13.8. The number of rotatable bonds is 4. The van der Waals surface area contributed by atoms with E-state index in [1.165, 1.54) is 5.56 Å². The first kappa shape index (κ1) is 13.8. The molecule has 0 saturated carbocycles. The molecule has 0 aliphatic rings. The van der Waals surface area contributed by atoms with Crippen molar-refractivity contribution in [2.24, 2.45) is 5.84 Å². The van der Waals surface area contributed by atoms with E-state index in [1.54, 1.807) is 18.7 Å². The Labute approximate surface area is 115 Å². The molecule has 0 fully saturated rings. The summed E-state index contributed by atoms with van der Waals surface area (Å²) in [4.78, 5) is 9.28. The van der Waals surface area contributed by atoms with Gasteiger partial charge in [0.1, 0.15) is 5.82 Å². The van der Waals surface area contributed by atoms with Crippen molar-refractivity contribution >= 4 is 17.6 Å². The Morgan fingerprint density at radius 1 is 1.21 bits per heavy atom. The molecule has 0 spiro atoms. The fourth-order valence-corrected chi connectivity index (χ4v) is 2.31. The maximum Gasteiger partial charge on any atom is 0.187 e. The van der Waals surface area contributed by atoms with Crippen LogP contribution >= 0.6 is 11.8 Å². The summed E-state index contributed by atoms with van der Waals surface area (Å²) in [5.41, 5.74) is 3.76. The topological polar surface area (TPSA) is 63.8 Å². The number of halogens is 1. The van der Waals surface area contributed by atoms with Crippen LogP contribution in [0.4, 0.5) is 10.2 Å². The third-order valence-corrected chi connectivity index (χ3v) is 3.60. The van der Waals surface area contributed by atoms with Crippen LogP contribution in [-0.4, -0.2) is 9.97 Å². The number of hydrogen-bond donors (Lipinski definition) is 2. The molecule has 2 rings (SSSR count). The van der Waals surface area contributed by atoms with Crippen molar-refractivity contribution < 1.29 is 4.39 Å². The van der Waals surface area contributed by atoms with E-state index in [0.717, 1.165) is 4.90 Å². The van der Waals surface area contributed by atoms with Gasteiger partial charge in [0.25, 0.3) is 0 Å². The average molecular weight is 278 g/mol. The number of nitrogens with zero attached hydrogens (tertiary/aromatic N) is 2. The van der Waals surface area contributed by atoms with Gasteiger partial charge in [-0.25, -0.2) is 20.2 Å². The van der Waals surface area contributed by atoms with Crippen LogP contribution in [0.25, 0.3) is 0 Å². The summed E-state index contributed by atoms with van der Waals surface area (Å²) >= 11 is 1.60. The maximum atomic E-state index is 13.5. The van der Waals surface area contributed by atoms with Crippen molar-refractivity contribution in [1.29, 1.82) is 0 Å². The van der Waals surface area contributed by atoms with E-state index in [-0.39, 0.29) is 5.82 Å². The smallest absolute Gasteiger partial charge is 0.187 e. The number of thioether (sulfide) groups is 1. The first-order chi connectivity index (χ1) is 9.10. The molecule has 3 N–H and O–H groups in total. The molecule has 1 aromatic heterocycles. The molecule has 19 heavy (non-hydrogen) atoms. The number of nitrogen functional groups attached to an aromatic ring is 1. The number of hydrazine groups is 1. The van der Waals surface area contributed by atoms with Gasteiger partial charge in [0.15, 0.2) is 11.6 Å². The summed E-state index contributed by atoms with van der Waals surface area (Å²) in [6.07, 6.45) is 0. The molecule has 4 nitrogen and oxygen atoms in total. The summed E-state index contributed by atoms with van der Waals surface area (Å²) in [5.74, 6) is 5.87. The van der Waals surface area contributed by atoms with Crippen LogP contribution in [0.5, 0.6) is 0 Å². The summed E-state index contributed by atoms with van der Waals surface area (Å²) in [6.45, 7) is 3.64. The zero-order valence-corrected chi connectivity index (χ0v) is 11.6. The van der Waals surface area contributed by atoms with Gasteiger partial charge in [0, 0.05) is 4.90 Å². The molecule has 0 aliphatic carbocycles. The quantitative estimate of drug-likeness (QED) is 0.511. The summed E-state index contributed by atoms with van der Waals surface area (Å²) in [6, 6.07) is 8.18. The van der Waals surface area contributed by atoms with Gasteiger partial charge in [-0.1, -0.05) is 17.7 Å². The Hall–Kier alpha value is -1.66. The Morgan fingerprint density at radius 3 is 2.53 bits per heavy atom. The average Bonchev–Trinajstić information content (AvgIpc) is 2.41. The van der Waals surface area contributed by atoms with E-state index in [2.05, 4.69) is 15.4 Å². The molecule has 1 heterocycles. The normalized spacial score (nSPS) is 10.5. The van der Waals surface area contributed by atoms with Gasteiger partial charge in [-0.2, -0.15) is 0 Å². The van der Waals surface area contributed by atoms with Crippen LogP contribution in [0.3, 0.4) is 0 Å². The first-order valence-electron chi connectivity index (χ1n) is 5.79. The van der Waals surface area contributed by atoms with E-state index in [1.807, 2.05) is 31.2 Å². The van der Waals surface area contributed by atoms with Gasteiger partial charge in [-0.15, -0.1) is 11.8 Å². The number of nitrogens with two attached hydrogens (primary N) is 1. The third kappa shape index (κ3) is 3.42. The van der Waals surface area contributed by atoms with Crippen molar-refractivity contribution in [1.82, 2.24) is 9.97 Å². The predicted molar refractivity (Wildman–Crippen MR) is 75.3 cm³/mol. The second-order valence-electron chi connectivity index (χ2n) is 4.13. The Bertz CT molecular complexity index is 572. The largest absolute Gasteiger partial charge is 0.306 e. The minimum atomic E-state index is -0.508. The number of nitrogens with one attached hydrogen (secondary N) is 1. The second-order valence-corrected chi connectivity index (χ2v) is 5.18. The van der Waals surface area contributed by atoms with Crippen LogP contribution in [0, 0.1) is 19.7 Å². The predicted octanol–water partition coefficient (Wildman–Crippen LogP) is 2.81. The zero-order valence-electron chi connectivity index (χ0n) is 10.8. The van der Waals surface area contributed by atoms with Crippen molar-refractivity contribution in [3.8, 4) is 0 Å². The van der Waals surface area contributed by atoms with E-state index in [0.29, 0.717) is 17.3 Å². The molecule has 0 saturated heterocycles. The molecule has 0 amide bonds. The standard InChI is InChI=1S/C13H15FN4S/c1-8-3-5-10(6-4-8)19-7-11-16-9(2)12(14)13(17-11)18-15/h3-6H,7,15H2,1-2H3,(H,16,17,18). The molecule has 100 valence electrons. The molecule has 0 atom stereocenters. The lowest BCUT2D eigenvalue weighted by Crippen LogP contribution is -2.13. The fourth-order valence-electron chi connectivity index (χ4n) is 1.56. The highest BCUT2D eigenvalue weighted by Crippen LogP contribution is 2.23. The SMILES string of the molecule is Cc1ccc(SCc2nc(C)c(F)c(NN)n2)cc1. The van der Waals surface area contributed by atoms with Crippen LogP contribution in [-0.2, 0) is 5.75 Å². The van der Waals surface area contributed by atoms with Crippen molar-refractivity contribution in [2.75, 3.05) is 5.43 Å². The highest BCUT2D eigenvalue weighted by Gasteiger charge is 2.10. The molecule has 0 bridgehead atoms. The third-order valence-electron chi connectivity index (χ3n) is 2.59. The van der Waals surface area contributed by atoms with Crippen LogP contribution < -0.4 is 11.3 Å². The molecule has 0 aliphatic heterocycles. The highest BCUT2D eigenvalue weighted by molar-refractivity contribution is 7.98. The summed E-state index contributed by atoms with van der Waals surface area (Å²) in [7, 11) is 0. The number of hydrogen-bond acceptors (Lipinski definition) is 5. The van der Waals surface area contributed by atoms with Gasteiger partial charge in [0.05, 0.1) is 11.4 Å². The lowest BCUT2D eigenvalue weighted by atomic mass is 10.2. The highest BCUT2D eigenvalue weighted by atomic mass is 32.2. The first-order valence-corrected chi connectivity index (χ1v) is 6.78. The number of benzene rings is 1. The number of anilines is 1. The second kappa shape index (κ2) is 5.99. The van der Waals surface area contributed by atoms with Crippen LogP contribution in [0.2, 0.25) is 0 Å². The Morgan fingerprint density at radius 2 is 1.89 bits per heavy atom. The Kier molecular flexibility index (Phi) is 4.34. The van der Waals surface area contributed by atoms with Crippen molar-refractivity contribution in [3.63, 3.8) is 0 Å².